The third-order valence-corrected chi connectivity index (χ3v) is 4.00. The normalized spacial score (nSPS) is 10.6. The highest BCUT2D eigenvalue weighted by Crippen LogP contribution is 2.29. The summed E-state index contributed by atoms with van der Waals surface area (Å²) in [5.74, 6) is -0.0793. The summed E-state index contributed by atoms with van der Waals surface area (Å²) in [6, 6.07) is 23.8. The Kier molecular flexibility index (Phi) is 3.68. The van der Waals surface area contributed by atoms with Crippen LogP contribution in [-0.2, 0) is 0 Å². The number of nitriles is 1. The minimum Gasteiger partial charge on any atom is -0.228 e. The molecule has 0 aliphatic carbocycles. The van der Waals surface area contributed by atoms with Crippen LogP contribution in [0, 0.1) is 17.1 Å². The van der Waals surface area contributed by atoms with Crippen LogP contribution in [0.4, 0.5) is 4.39 Å². The first-order valence-electron chi connectivity index (χ1n) is 7.78. The van der Waals surface area contributed by atoms with Crippen LogP contribution in [0.2, 0.25) is 0 Å². The average molecular weight is 325 g/mol. The van der Waals surface area contributed by atoms with Crippen molar-refractivity contribution in [3.05, 3.63) is 84.2 Å². The van der Waals surface area contributed by atoms with Gasteiger partial charge >= 0.3 is 0 Å². The van der Waals surface area contributed by atoms with E-state index in [0.717, 1.165) is 22.2 Å². The highest BCUT2D eigenvalue weighted by Gasteiger charge is 2.12. The SMILES string of the molecule is N#Cc1cc(-c2nc(-c3ccccc3)c3ccccc3n2)ccc1F. The van der Waals surface area contributed by atoms with Crippen molar-refractivity contribution >= 4 is 10.9 Å². The van der Waals surface area contributed by atoms with Crippen LogP contribution in [0.3, 0.4) is 0 Å². The summed E-state index contributed by atoms with van der Waals surface area (Å²) in [7, 11) is 0. The summed E-state index contributed by atoms with van der Waals surface area (Å²) in [5, 5.41) is 10.0. The molecule has 0 spiro atoms. The molecule has 0 aliphatic rings. The van der Waals surface area contributed by atoms with Crippen LogP contribution >= 0.6 is 0 Å². The Balaban J connectivity index is 1.99. The minimum absolute atomic E-state index is 0.0180. The third kappa shape index (κ3) is 2.73. The maximum atomic E-state index is 13.6. The fraction of sp³-hybridized carbons (Fsp3) is 0. The van der Waals surface area contributed by atoms with E-state index in [4.69, 9.17) is 10.2 Å². The fourth-order valence-corrected chi connectivity index (χ4v) is 2.77. The van der Waals surface area contributed by atoms with E-state index in [-0.39, 0.29) is 5.56 Å². The number of hydrogen-bond acceptors (Lipinski definition) is 3. The van der Waals surface area contributed by atoms with Gasteiger partial charge in [0.05, 0.1) is 16.8 Å². The highest BCUT2D eigenvalue weighted by atomic mass is 19.1. The van der Waals surface area contributed by atoms with Crippen LogP contribution in [0.15, 0.2) is 72.8 Å². The van der Waals surface area contributed by atoms with Crippen molar-refractivity contribution in [1.29, 1.82) is 5.26 Å². The molecule has 0 fully saturated rings. The predicted octanol–water partition coefficient (Wildman–Crippen LogP) is 4.97. The molecule has 3 aromatic carbocycles. The standard InChI is InChI=1S/C21H12FN3/c22-18-11-10-15(12-16(18)13-23)21-24-19-9-5-4-8-17(19)20(25-21)14-6-2-1-3-7-14/h1-12H. The van der Waals surface area contributed by atoms with E-state index in [1.165, 1.54) is 12.1 Å². The van der Waals surface area contributed by atoms with Gasteiger partial charge in [0.15, 0.2) is 5.82 Å². The number of fused-ring (bicyclic) bond motifs is 1. The first kappa shape index (κ1) is 15.0. The summed E-state index contributed by atoms with van der Waals surface area (Å²) >= 11 is 0. The number of para-hydroxylation sites is 1. The first-order valence-corrected chi connectivity index (χ1v) is 7.78. The summed E-state index contributed by atoms with van der Waals surface area (Å²) in [4.78, 5) is 9.30. The Morgan fingerprint density at radius 2 is 1.56 bits per heavy atom. The first-order chi connectivity index (χ1) is 12.3. The van der Waals surface area contributed by atoms with Gasteiger partial charge in [0.2, 0.25) is 0 Å². The molecule has 0 atom stereocenters. The van der Waals surface area contributed by atoms with Gasteiger partial charge in [0, 0.05) is 16.5 Å². The second-order valence-electron chi connectivity index (χ2n) is 5.59. The highest BCUT2D eigenvalue weighted by molar-refractivity contribution is 5.93. The zero-order valence-corrected chi connectivity index (χ0v) is 13.1. The molecule has 0 unspecified atom stereocenters. The fourth-order valence-electron chi connectivity index (χ4n) is 2.77. The van der Waals surface area contributed by atoms with Gasteiger partial charge in [-0.15, -0.1) is 0 Å². The molecule has 4 aromatic rings. The minimum atomic E-state index is -0.546. The number of benzene rings is 3. The lowest BCUT2D eigenvalue weighted by Crippen LogP contribution is -1.96. The van der Waals surface area contributed by atoms with Crippen LogP contribution in [-0.4, -0.2) is 9.97 Å². The Hall–Kier alpha value is -3.58. The van der Waals surface area contributed by atoms with Crippen molar-refractivity contribution in [1.82, 2.24) is 9.97 Å². The van der Waals surface area contributed by atoms with Crippen LogP contribution in [0.5, 0.6) is 0 Å². The molecular formula is C21H12FN3. The van der Waals surface area contributed by atoms with Crippen molar-refractivity contribution in [2.24, 2.45) is 0 Å². The van der Waals surface area contributed by atoms with E-state index in [1.54, 1.807) is 6.07 Å². The molecule has 0 saturated heterocycles. The Bertz CT molecular complexity index is 1110. The number of aromatic nitrogens is 2. The Morgan fingerprint density at radius 3 is 2.36 bits per heavy atom. The Morgan fingerprint density at radius 1 is 0.800 bits per heavy atom. The van der Waals surface area contributed by atoms with E-state index in [1.807, 2.05) is 60.7 Å². The van der Waals surface area contributed by atoms with Crippen molar-refractivity contribution < 1.29 is 4.39 Å². The van der Waals surface area contributed by atoms with Crippen LogP contribution in [0.1, 0.15) is 5.56 Å². The van der Waals surface area contributed by atoms with E-state index in [2.05, 4.69) is 4.98 Å². The summed E-state index contributed by atoms with van der Waals surface area (Å²) < 4.78 is 13.6. The molecule has 0 saturated carbocycles. The topological polar surface area (TPSA) is 49.6 Å². The molecule has 4 rings (SSSR count). The lowest BCUT2D eigenvalue weighted by atomic mass is 10.1. The maximum Gasteiger partial charge on any atom is 0.160 e. The number of nitrogens with zero attached hydrogens (tertiary/aromatic N) is 3. The van der Waals surface area contributed by atoms with E-state index < -0.39 is 5.82 Å². The van der Waals surface area contributed by atoms with Crippen molar-refractivity contribution in [3.8, 4) is 28.7 Å². The zero-order chi connectivity index (χ0) is 17.2. The molecule has 0 amide bonds. The van der Waals surface area contributed by atoms with Gasteiger partial charge in [-0.3, -0.25) is 0 Å². The number of hydrogen-bond donors (Lipinski definition) is 0. The molecule has 1 aromatic heterocycles. The van der Waals surface area contributed by atoms with Crippen molar-refractivity contribution in [2.75, 3.05) is 0 Å². The monoisotopic (exact) mass is 325 g/mol. The third-order valence-electron chi connectivity index (χ3n) is 4.00. The second-order valence-corrected chi connectivity index (χ2v) is 5.59. The largest absolute Gasteiger partial charge is 0.228 e. The predicted molar refractivity (Wildman–Crippen MR) is 95.1 cm³/mol. The maximum absolute atomic E-state index is 13.6. The molecule has 3 nitrogen and oxygen atoms in total. The summed E-state index contributed by atoms with van der Waals surface area (Å²) in [5.41, 5.74) is 3.18. The molecule has 25 heavy (non-hydrogen) atoms. The average Bonchev–Trinajstić information content (AvgIpc) is 2.68. The lowest BCUT2D eigenvalue weighted by Gasteiger charge is -2.09. The van der Waals surface area contributed by atoms with Gasteiger partial charge in [0.25, 0.3) is 0 Å². The number of rotatable bonds is 2. The molecule has 4 heteroatoms. The van der Waals surface area contributed by atoms with E-state index in [0.29, 0.717) is 11.4 Å². The van der Waals surface area contributed by atoms with Crippen molar-refractivity contribution in [3.63, 3.8) is 0 Å². The Labute approximate surface area is 144 Å². The molecule has 0 radical (unpaired) electrons. The van der Waals surface area contributed by atoms with E-state index in [9.17, 15) is 4.39 Å². The molecular weight excluding hydrogens is 313 g/mol. The van der Waals surface area contributed by atoms with Gasteiger partial charge in [0.1, 0.15) is 11.9 Å². The smallest absolute Gasteiger partial charge is 0.160 e. The van der Waals surface area contributed by atoms with E-state index >= 15 is 0 Å². The molecule has 0 aliphatic heterocycles. The molecule has 0 bridgehead atoms. The zero-order valence-electron chi connectivity index (χ0n) is 13.1. The van der Waals surface area contributed by atoms with Gasteiger partial charge in [-0.2, -0.15) is 5.26 Å². The molecule has 0 N–H and O–H groups in total. The summed E-state index contributed by atoms with van der Waals surface area (Å²) in [6.45, 7) is 0. The number of halogens is 1. The van der Waals surface area contributed by atoms with Crippen LogP contribution in [0.25, 0.3) is 33.5 Å². The second kappa shape index (κ2) is 6.14. The summed E-state index contributed by atoms with van der Waals surface area (Å²) in [6.07, 6.45) is 0. The molecule has 118 valence electrons. The van der Waals surface area contributed by atoms with Crippen LogP contribution < -0.4 is 0 Å². The molecule has 1 heterocycles. The van der Waals surface area contributed by atoms with Gasteiger partial charge in [-0.1, -0.05) is 48.5 Å². The van der Waals surface area contributed by atoms with Gasteiger partial charge < -0.3 is 0 Å². The quantitative estimate of drug-likeness (QED) is 0.522. The van der Waals surface area contributed by atoms with Gasteiger partial charge in [-0.25, -0.2) is 14.4 Å². The van der Waals surface area contributed by atoms with Crippen molar-refractivity contribution in [2.45, 2.75) is 0 Å². The lowest BCUT2D eigenvalue weighted by molar-refractivity contribution is 0.624. The van der Waals surface area contributed by atoms with Gasteiger partial charge in [-0.05, 0) is 24.3 Å².